The van der Waals surface area contributed by atoms with Crippen molar-refractivity contribution in [1.82, 2.24) is 15.1 Å². The summed E-state index contributed by atoms with van der Waals surface area (Å²) in [4.78, 5) is 52.2. The lowest BCUT2D eigenvalue weighted by atomic mass is 9.91. The minimum Gasteiger partial charge on any atom is -0.389 e. The monoisotopic (exact) mass is 407 g/mol. The van der Waals surface area contributed by atoms with E-state index in [1.165, 1.54) is 0 Å². The highest BCUT2D eigenvalue weighted by molar-refractivity contribution is 6.21. The smallest absolute Gasteiger partial charge is 0.325 e. The van der Waals surface area contributed by atoms with Crippen LogP contribution in [0.2, 0.25) is 0 Å². The summed E-state index contributed by atoms with van der Waals surface area (Å²) in [7, 11) is 0. The number of amides is 5. The number of rotatable bonds is 5. The van der Waals surface area contributed by atoms with E-state index in [-0.39, 0.29) is 24.2 Å². The Hall–Kier alpha value is -3.52. The van der Waals surface area contributed by atoms with Crippen molar-refractivity contribution < 1.29 is 24.3 Å². The molecule has 8 heteroatoms. The minimum absolute atomic E-state index is 0.275. The Labute approximate surface area is 173 Å². The first-order valence-electron chi connectivity index (χ1n) is 9.57. The highest BCUT2D eigenvalue weighted by atomic mass is 16.3. The quantitative estimate of drug-likeness (QED) is 0.576. The molecule has 2 atom stereocenters. The number of hydrogen-bond donors (Lipinski definition) is 2. The molecule has 8 nitrogen and oxygen atoms in total. The summed E-state index contributed by atoms with van der Waals surface area (Å²) in [5, 5.41) is 13.2. The van der Waals surface area contributed by atoms with Crippen molar-refractivity contribution in [3.8, 4) is 0 Å². The number of nitrogens with zero attached hydrogens (tertiary/aromatic N) is 2. The molecule has 2 aliphatic rings. The van der Waals surface area contributed by atoms with Crippen molar-refractivity contribution >= 4 is 23.8 Å². The summed E-state index contributed by atoms with van der Waals surface area (Å²) in [6, 6.07) is 13.0. The Morgan fingerprint density at radius 3 is 2.00 bits per heavy atom. The fraction of sp³-hybridized carbons (Fsp3) is 0.273. The number of nitrogens with one attached hydrogen (secondary N) is 1. The zero-order chi connectivity index (χ0) is 21.6. The molecule has 2 aromatic rings. The highest BCUT2D eigenvalue weighted by Gasteiger charge is 2.49. The molecule has 0 unspecified atom stereocenters. The number of urea groups is 1. The fourth-order valence-electron chi connectivity index (χ4n) is 3.83. The predicted octanol–water partition coefficient (Wildman–Crippen LogP) is 1.42. The van der Waals surface area contributed by atoms with Crippen molar-refractivity contribution in [2.75, 3.05) is 13.1 Å². The maximum absolute atomic E-state index is 13.0. The number of benzene rings is 2. The number of aliphatic hydroxyl groups excluding tert-OH is 1. The zero-order valence-electron chi connectivity index (χ0n) is 16.6. The van der Waals surface area contributed by atoms with Crippen molar-refractivity contribution in [2.45, 2.75) is 25.5 Å². The van der Waals surface area contributed by atoms with Gasteiger partial charge in [0.2, 0.25) is 0 Å². The molecule has 0 radical (unpaired) electrons. The van der Waals surface area contributed by atoms with Crippen LogP contribution in [0.1, 0.15) is 38.8 Å². The summed E-state index contributed by atoms with van der Waals surface area (Å²) < 4.78 is 0. The van der Waals surface area contributed by atoms with E-state index in [2.05, 4.69) is 5.32 Å². The number of hydrogen-bond acceptors (Lipinski definition) is 5. The Morgan fingerprint density at radius 1 is 0.900 bits per heavy atom. The fourth-order valence-corrected chi connectivity index (χ4v) is 3.83. The summed E-state index contributed by atoms with van der Waals surface area (Å²) in [5.74, 6) is -1.51. The third-order valence-corrected chi connectivity index (χ3v) is 5.57. The molecule has 0 aliphatic carbocycles. The van der Waals surface area contributed by atoms with Gasteiger partial charge in [0.1, 0.15) is 5.54 Å². The van der Waals surface area contributed by atoms with Crippen molar-refractivity contribution in [1.29, 1.82) is 0 Å². The van der Waals surface area contributed by atoms with E-state index >= 15 is 0 Å². The molecule has 154 valence electrons. The van der Waals surface area contributed by atoms with Gasteiger partial charge in [0, 0.05) is 0 Å². The van der Waals surface area contributed by atoms with Gasteiger partial charge in [0.15, 0.2) is 0 Å². The average Bonchev–Trinajstić information content (AvgIpc) is 3.09. The summed E-state index contributed by atoms with van der Waals surface area (Å²) in [5.41, 5.74) is 0.949. The van der Waals surface area contributed by atoms with Crippen LogP contribution in [-0.2, 0) is 10.3 Å². The SMILES string of the molecule is Cc1ccc([C@]2(C)NC(=O)N(C[C@@H](O)CN3C(=O)c4ccccc4C3=O)C2=O)cc1. The third-order valence-electron chi connectivity index (χ3n) is 5.57. The van der Waals surface area contributed by atoms with Crippen LogP contribution < -0.4 is 5.32 Å². The van der Waals surface area contributed by atoms with Crippen molar-refractivity contribution in [2.24, 2.45) is 0 Å². The normalized spacial score (nSPS) is 21.8. The number of aryl methyl sites for hydroxylation is 1. The number of carbonyl (C=O) groups is 4. The lowest BCUT2D eigenvalue weighted by Crippen LogP contribution is -2.45. The van der Waals surface area contributed by atoms with Crippen LogP contribution in [0.15, 0.2) is 48.5 Å². The maximum atomic E-state index is 13.0. The molecule has 0 bridgehead atoms. The van der Waals surface area contributed by atoms with Crippen LogP contribution in [0.4, 0.5) is 4.79 Å². The summed E-state index contributed by atoms with van der Waals surface area (Å²) in [6.45, 7) is 2.88. The van der Waals surface area contributed by atoms with E-state index in [0.717, 1.165) is 15.4 Å². The first kappa shape index (κ1) is 19.8. The Balaban J connectivity index is 1.47. The molecule has 0 saturated carbocycles. The van der Waals surface area contributed by atoms with Crippen LogP contribution in [0.25, 0.3) is 0 Å². The Bertz CT molecular complexity index is 1030. The standard InChI is InChI=1S/C22H21N3O5/c1-13-7-9-14(10-8-13)22(2)20(29)25(21(30)23-22)12-15(26)11-24-18(27)16-5-3-4-6-17(16)19(24)28/h3-10,15,26H,11-12H2,1-2H3,(H,23,30)/t15-,22-/m0/s1. The topological polar surface area (TPSA) is 107 Å². The molecule has 2 aliphatic heterocycles. The first-order valence-corrected chi connectivity index (χ1v) is 9.57. The van der Waals surface area contributed by atoms with Gasteiger partial charge in [-0.2, -0.15) is 0 Å². The van der Waals surface area contributed by atoms with Gasteiger partial charge in [-0.05, 0) is 31.5 Å². The second-order valence-corrected chi connectivity index (χ2v) is 7.76. The summed E-state index contributed by atoms with van der Waals surface area (Å²) in [6.07, 6.45) is -1.28. The van der Waals surface area contributed by atoms with Gasteiger partial charge >= 0.3 is 6.03 Å². The number of imide groups is 2. The largest absolute Gasteiger partial charge is 0.389 e. The lowest BCUT2D eigenvalue weighted by molar-refractivity contribution is -0.132. The molecule has 2 N–H and O–H groups in total. The van der Waals surface area contributed by atoms with Crippen LogP contribution in [0.5, 0.6) is 0 Å². The average molecular weight is 407 g/mol. The molecule has 0 spiro atoms. The molecular formula is C22H21N3O5. The van der Waals surface area contributed by atoms with E-state index in [1.807, 2.05) is 19.1 Å². The molecular weight excluding hydrogens is 386 g/mol. The van der Waals surface area contributed by atoms with Crippen LogP contribution in [0.3, 0.4) is 0 Å². The highest BCUT2D eigenvalue weighted by Crippen LogP contribution is 2.29. The van der Waals surface area contributed by atoms with Crippen LogP contribution in [0, 0.1) is 6.92 Å². The van der Waals surface area contributed by atoms with Crippen molar-refractivity contribution in [3.63, 3.8) is 0 Å². The number of carbonyl (C=O) groups excluding carboxylic acids is 4. The van der Waals surface area contributed by atoms with Gasteiger partial charge in [-0.1, -0.05) is 42.0 Å². The van der Waals surface area contributed by atoms with E-state index in [4.69, 9.17) is 0 Å². The van der Waals surface area contributed by atoms with E-state index in [9.17, 15) is 24.3 Å². The van der Waals surface area contributed by atoms with Gasteiger partial charge in [0.05, 0.1) is 30.3 Å². The maximum Gasteiger partial charge on any atom is 0.325 e. The molecule has 0 aromatic heterocycles. The second kappa shape index (κ2) is 7.07. The third kappa shape index (κ3) is 3.05. The van der Waals surface area contributed by atoms with Crippen LogP contribution in [-0.4, -0.2) is 57.9 Å². The molecule has 5 amide bonds. The van der Waals surface area contributed by atoms with Gasteiger partial charge in [0.25, 0.3) is 17.7 Å². The molecule has 30 heavy (non-hydrogen) atoms. The number of fused-ring (bicyclic) bond motifs is 1. The van der Waals surface area contributed by atoms with Gasteiger partial charge in [-0.15, -0.1) is 0 Å². The lowest BCUT2D eigenvalue weighted by Gasteiger charge is -2.24. The second-order valence-electron chi connectivity index (χ2n) is 7.76. The van der Waals surface area contributed by atoms with E-state index in [1.54, 1.807) is 43.3 Å². The predicted molar refractivity (Wildman–Crippen MR) is 107 cm³/mol. The number of β-amino-alcohol motifs (C(OH)–C–C–N with tert-alkyl or cyclic N) is 1. The van der Waals surface area contributed by atoms with Gasteiger partial charge < -0.3 is 10.4 Å². The molecule has 2 heterocycles. The number of aliphatic hydroxyl groups is 1. The van der Waals surface area contributed by atoms with Crippen molar-refractivity contribution in [3.05, 3.63) is 70.8 Å². The van der Waals surface area contributed by atoms with Gasteiger partial charge in [-0.25, -0.2) is 4.79 Å². The van der Waals surface area contributed by atoms with Crippen LogP contribution >= 0.6 is 0 Å². The first-order chi connectivity index (χ1) is 14.2. The minimum atomic E-state index is -1.28. The van der Waals surface area contributed by atoms with E-state index < -0.39 is 35.4 Å². The molecule has 4 rings (SSSR count). The molecule has 2 aromatic carbocycles. The summed E-state index contributed by atoms with van der Waals surface area (Å²) >= 11 is 0. The molecule has 1 fully saturated rings. The molecule has 1 saturated heterocycles. The van der Waals surface area contributed by atoms with E-state index in [0.29, 0.717) is 5.56 Å². The Morgan fingerprint density at radius 2 is 1.43 bits per heavy atom. The van der Waals surface area contributed by atoms with Gasteiger partial charge in [-0.3, -0.25) is 24.2 Å². The zero-order valence-corrected chi connectivity index (χ0v) is 16.6. The Kier molecular flexibility index (Phi) is 4.66.